The van der Waals surface area contributed by atoms with Crippen molar-refractivity contribution in [1.29, 1.82) is 0 Å². The molecule has 6 aromatic carbocycles. The van der Waals surface area contributed by atoms with Gasteiger partial charge in [-0.15, -0.1) is 11.3 Å². The molecule has 1 aromatic heterocycles. The summed E-state index contributed by atoms with van der Waals surface area (Å²) in [6.07, 6.45) is 25.1. The van der Waals surface area contributed by atoms with E-state index in [9.17, 15) is 0 Å². The predicted molar refractivity (Wildman–Crippen MR) is 281 cm³/mol. The van der Waals surface area contributed by atoms with E-state index in [2.05, 4.69) is 222 Å². The van der Waals surface area contributed by atoms with E-state index in [0.717, 1.165) is 6.42 Å². The number of aliphatic imine (C=N–C) groups is 1. The first-order valence-electron chi connectivity index (χ1n) is 21.7. The zero-order valence-electron chi connectivity index (χ0n) is 37.6. The standard InChI is InChI=1S/C49H42S.C7H8.C2H5N.C2H6/c1-5-9-15-34(7-3)36-16-10-17-37(25-24-36)39-18-11-19-40(28-39)41-20-12-21-42(29-41)43-22-13-23-44(30-43)45-26-27-46-47-31-35(8-4)38(14-6-2)32-49(47)50-48(46)33-45;1-7-5-3-2-4-6-7;1-3-2;1-2/h6-33,37H,4-5H2,1-3H3;2-6H,1H3;1H2,2H3;1-2H3/b14-6-,15-9-,34-7+;;;. The highest BCUT2D eigenvalue weighted by atomic mass is 32.1. The molecule has 0 saturated carbocycles. The van der Waals surface area contributed by atoms with Gasteiger partial charge in [-0.1, -0.05) is 203 Å². The minimum absolute atomic E-state index is 0.217. The number of fused-ring (bicyclic) bond motifs is 3. The van der Waals surface area contributed by atoms with Gasteiger partial charge in [0.2, 0.25) is 0 Å². The van der Waals surface area contributed by atoms with Gasteiger partial charge in [0.1, 0.15) is 0 Å². The SMILES string of the molecule is C=Cc1cc2c(cc1/C=C\C)sc1cc(-c3cccc(-c4cccc(-c5cccc(C6C=CC=C(C(/C=C\CC)=C/C)C=C6)c5)c4)c3)ccc12.C=NC.CC.Cc1ccccc1. The van der Waals surface area contributed by atoms with Crippen molar-refractivity contribution in [3.8, 4) is 33.4 Å². The average molecular weight is 828 g/mol. The Morgan fingerprint density at radius 2 is 1.27 bits per heavy atom. The van der Waals surface area contributed by atoms with Crippen LogP contribution in [0.1, 0.15) is 69.2 Å². The molecule has 0 radical (unpaired) electrons. The van der Waals surface area contributed by atoms with Crippen molar-refractivity contribution in [1.82, 2.24) is 0 Å². The van der Waals surface area contributed by atoms with Crippen LogP contribution in [0.4, 0.5) is 0 Å². The number of aryl methyl sites for hydroxylation is 1. The van der Waals surface area contributed by atoms with Crippen molar-refractivity contribution >= 4 is 50.4 Å². The molecule has 1 nitrogen and oxygen atoms in total. The van der Waals surface area contributed by atoms with E-state index < -0.39 is 0 Å². The summed E-state index contributed by atoms with van der Waals surface area (Å²) in [6.45, 7) is 19.6. The van der Waals surface area contributed by atoms with Gasteiger partial charge in [0.05, 0.1) is 0 Å². The van der Waals surface area contributed by atoms with Gasteiger partial charge in [0.25, 0.3) is 0 Å². The number of hydrogen-bond donors (Lipinski definition) is 0. The van der Waals surface area contributed by atoms with Crippen LogP contribution in [0.25, 0.3) is 65.7 Å². The Balaban J connectivity index is 0.000000533. The van der Waals surface area contributed by atoms with E-state index in [0.29, 0.717) is 0 Å². The van der Waals surface area contributed by atoms with Crippen molar-refractivity contribution < 1.29 is 0 Å². The number of hydrogen-bond acceptors (Lipinski definition) is 2. The Morgan fingerprint density at radius 1 is 0.677 bits per heavy atom. The fourth-order valence-corrected chi connectivity index (χ4v) is 8.55. The number of benzene rings is 6. The van der Waals surface area contributed by atoms with E-state index in [4.69, 9.17) is 0 Å². The van der Waals surface area contributed by atoms with Gasteiger partial charge in [-0.3, -0.25) is 0 Å². The van der Waals surface area contributed by atoms with Gasteiger partial charge in [-0.05, 0) is 125 Å². The van der Waals surface area contributed by atoms with Gasteiger partial charge < -0.3 is 4.99 Å². The third-order valence-electron chi connectivity index (χ3n) is 10.4. The molecule has 1 unspecified atom stereocenters. The topological polar surface area (TPSA) is 12.4 Å². The summed E-state index contributed by atoms with van der Waals surface area (Å²) in [6, 6.07) is 48.6. The van der Waals surface area contributed by atoms with Gasteiger partial charge in [0.15, 0.2) is 0 Å². The third kappa shape index (κ3) is 12.0. The number of thiophene rings is 1. The highest BCUT2D eigenvalue weighted by Crippen LogP contribution is 2.39. The molecule has 1 heterocycles. The second-order valence-corrected chi connectivity index (χ2v) is 15.8. The second-order valence-electron chi connectivity index (χ2n) is 14.7. The first-order chi connectivity index (χ1) is 30.4. The van der Waals surface area contributed by atoms with Crippen LogP contribution in [0, 0.1) is 6.92 Å². The average Bonchev–Trinajstić information content (AvgIpc) is 3.48. The maximum Gasteiger partial charge on any atom is 0.0361 e. The van der Waals surface area contributed by atoms with Gasteiger partial charge in [-0.2, -0.15) is 0 Å². The fourth-order valence-electron chi connectivity index (χ4n) is 7.38. The minimum Gasteiger partial charge on any atom is -0.304 e. The lowest BCUT2D eigenvalue weighted by Crippen LogP contribution is -1.92. The summed E-state index contributed by atoms with van der Waals surface area (Å²) < 4.78 is 2.61. The molecular formula is C60H61NS. The molecule has 312 valence electrons. The number of rotatable bonds is 9. The molecule has 1 aliphatic carbocycles. The predicted octanol–water partition coefficient (Wildman–Crippen LogP) is 18.1. The summed E-state index contributed by atoms with van der Waals surface area (Å²) in [5.74, 6) is 0.217. The molecule has 0 spiro atoms. The Bertz CT molecular complexity index is 2760. The Morgan fingerprint density at radius 3 is 1.84 bits per heavy atom. The second kappa shape index (κ2) is 24.0. The first kappa shape index (κ1) is 46.5. The van der Waals surface area contributed by atoms with E-state index >= 15 is 0 Å². The van der Waals surface area contributed by atoms with E-state index in [1.165, 1.54) is 87.0 Å². The fraction of sp³-hybridized carbons (Fsp3) is 0.150. The molecule has 0 amide bonds. The summed E-state index contributed by atoms with van der Waals surface area (Å²) in [5.41, 5.74) is 14.8. The van der Waals surface area contributed by atoms with Crippen molar-refractivity contribution in [3.05, 3.63) is 228 Å². The largest absolute Gasteiger partial charge is 0.304 e. The van der Waals surface area contributed by atoms with Gasteiger partial charge in [0, 0.05) is 33.1 Å². The van der Waals surface area contributed by atoms with Gasteiger partial charge >= 0.3 is 0 Å². The van der Waals surface area contributed by atoms with Crippen LogP contribution >= 0.6 is 11.3 Å². The van der Waals surface area contributed by atoms with Crippen LogP contribution in [0.5, 0.6) is 0 Å². The molecule has 62 heavy (non-hydrogen) atoms. The zero-order chi connectivity index (χ0) is 44.3. The molecule has 0 N–H and O–H groups in total. The van der Waals surface area contributed by atoms with Crippen LogP contribution in [0.3, 0.4) is 0 Å². The normalized spacial score (nSPS) is 13.4. The molecule has 0 bridgehead atoms. The lowest BCUT2D eigenvalue weighted by molar-refractivity contribution is 1.09. The maximum atomic E-state index is 4.06. The molecule has 2 heteroatoms. The summed E-state index contributed by atoms with van der Waals surface area (Å²) in [7, 11) is 1.64. The lowest BCUT2D eigenvalue weighted by atomic mass is 9.92. The van der Waals surface area contributed by atoms with Crippen molar-refractivity contribution in [2.45, 2.75) is 53.9 Å². The van der Waals surface area contributed by atoms with E-state index in [1.807, 2.05) is 49.5 Å². The van der Waals surface area contributed by atoms with Crippen LogP contribution < -0.4 is 0 Å². The maximum absolute atomic E-state index is 4.06. The molecule has 1 atom stereocenters. The molecule has 7 aromatic rings. The number of allylic oxidation sites excluding steroid dienone is 11. The highest BCUT2D eigenvalue weighted by molar-refractivity contribution is 7.25. The Hall–Kier alpha value is -6.61. The Kier molecular flexibility index (Phi) is 18.0. The van der Waals surface area contributed by atoms with E-state index in [-0.39, 0.29) is 5.92 Å². The minimum atomic E-state index is 0.217. The molecular weight excluding hydrogens is 767 g/mol. The number of nitrogens with zero attached hydrogens (tertiary/aromatic N) is 1. The van der Waals surface area contributed by atoms with Crippen molar-refractivity contribution in [2.24, 2.45) is 4.99 Å². The molecule has 0 saturated heterocycles. The summed E-state index contributed by atoms with van der Waals surface area (Å²) in [4.78, 5) is 3.25. The van der Waals surface area contributed by atoms with Crippen LogP contribution in [0.2, 0.25) is 0 Å². The molecule has 1 aliphatic rings. The van der Waals surface area contributed by atoms with Gasteiger partial charge in [-0.25, -0.2) is 0 Å². The highest BCUT2D eigenvalue weighted by Gasteiger charge is 2.12. The van der Waals surface area contributed by atoms with Crippen LogP contribution in [-0.2, 0) is 0 Å². The molecule has 0 aliphatic heterocycles. The van der Waals surface area contributed by atoms with Crippen molar-refractivity contribution in [2.75, 3.05) is 7.05 Å². The monoisotopic (exact) mass is 827 g/mol. The van der Waals surface area contributed by atoms with Crippen LogP contribution in [0.15, 0.2) is 211 Å². The first-order valence-corrected chi connectivity index (χ1v) is 22.5. The summed E-state index contributed by atoms with van der Waals surface area (Å²) in [5, 5.41) is 2.60. The molecule has 0 fully saturated rings. The smallest absolute Gasteiger partial charge is 0.0361 e. The lowest BCUT2D eigenvalue weighted by Gasteiger charge is -2.12. The quantitative estimate of drug-likeness (QED) is 0.102. The van der Waals surface area contributed by atoms with E-state index in [1.54, 1.807) is 7.05 Å². The zero-order valence-corrected chi connectivity index (χ0v) is 38.4. The van der Waals surface area contributed by atoms with Crippen molar-refractivity contribution in [3.63, 3.8) is 0 Å². The Labute approximate surface area is 376 Å². The third-order valence-corrected chi connectivity index (χ3v) is 11.6. The molecule has 8 rings (SSSR count). The summed E-state index contributed by atoms with van der Waals surface area (Å²) >= 11 is 1.86. The van der Waals surface area contributed by atoms with Crippen LogP contribution in [-0.4, -0.2) is 13.8 Å².